The van der Waals surface area contributed by atoms with Gasteiger partial charge in [-0.25, -0.2) is 8.78 Å². The molecular weight excluding hydrogens is 322 g/mol. The van der Waals surface area contributed by atoms with Gasteiger partial charge in [0.1, 0.15) is 0 Å². The van der Waals surface area contributed by atoms with Crippen LogP contribution < -0.4 is 19.5 Å². The third kappa shape index (κ3) is 4.70. The molecule has 1 saturated carbocycles. The van der Waals surface area contributed by atoms with Crippen molar-refractivity contribution in [1.82, 2.24) is 4.90 Å². The zero-order valence-electron chi connectivity index (χ0n) is 14.0. The van der Waals surface area contributed by atoms with Gasteiger partial charge in [-0.1, -0.05) is 0 Å². The summed E-state index contributed by atoms with van der Waals surface area (Å²) in [5.41, 5.74) is 0.447. The topological polar surface area (TPSA) is 60.0 Å². The molecule has 0 aromatic heterocycles. The SMILES string of the molecule is COc1cc(NC(=O)CN(CC(F)F)C2CC2)cc(OC)c1OC. The molecular formula is C16H22F2N2O4. The summed E-state index contributed by atoms with van der Waals surface area (Å²) in [6.45, 7) is -0.473. The molecule has 2 rings (SSSR count). The molecule has 1 fully saturated rings. The maximum absolute atomic E-state index is 12.6. The average Bonchev–Trinajstić information content (AvgIpc) is 3.37. The monoisotopic (exact) mass is 344 g/mol. The lowest BCUT2D eigenvalue weighted by molar-refractivity contribution is -0.117. The molecule has 1 aromatic rings. The number of rotatable bonds is 9. The van der Waals surface area contributed by atoms with Gasteiger partial charge in [0.05, 0.1) is 34.4 Å². The molecule has 24 heavy (non-hydrogen) atoms. The fourth-order valence-corrected chi connectivity index (χ4v) is 2.50. The number of anilines is 1. The highest BCUT2D eigenvalue weighted by molar-refractivity contribution is 5.93. The van der Waals surface area contributed by atoms with E-state index in [9.17, 15) is 13.6 Å². The summed E-state index contributed by atoms with van der Waals surface area (Å²) in [5.74, 6) is 0.852. The molecule has 8 heteroatoms. The van der Waals surface area contributed by atoms with Gasteiger partial charge >= 0.3 is 0 Å². The molecule has 0 bridgehead atoms. The first-order valence-electron chi connectivity index (χ1n) is 7.60. The number of benzene rings is 1. The van der Waals surface area contributed by atoms with Crippen LogP contribution in [0.25, 0.3) is 0 Å². The van der Waals surface area contributed by atoms with Crippen molar-refractivity contribution in [1.29, 1.82) is 0 Å². The molecule has 0 atom stereocenters. The van der Waals surface area contributed by atoms with Crippen molar-refractivity contribution in [3.05, 3.63) is 12.1 Å². The highest BCUT2D eigenvalue weighted by atomic mass is 19.3. The number of nitrogens with one attached hydrogen (secondary N) is 1. The predicted octanol–water partition coefficient (Wildman–Crippen LogP) is 2.38. The number of methoxy groups -OCH3 is 3. The smallest absolute Gasteiger partial charge is 0.251 e. The van der Waals surface area contributed by atoms with Crippen LogP contribution in [0.5, 0.6) is 17.2 Å². The van der Waals surface area contributed by atoms with Crippen molar-refractivity contribution in [3.8, 4) is 17.2 Å². The van der Waals surface area contributed by atoms with Crippen LogP contribution in [0.15, 0.2) is 12.1 Å². The number of carbonyl (C=O) groups excluding carboxylic acids is 1. The predicted molar refractivity (Wildman–Crippen MR) is 85.3 cm³/mol. The first-order valence-corrected chi connectivity index (χ1v) is 7.60. The molecule has 0 heterocycles. The van der Waals surface area contributed by atoms with E-state index in [-0.39, 0.29) is 18.5 Å². The van der Waals surface area contributed by atoms with E-state index in [1.54, 1.807) is 12.1 Å². The van der Waals surface area contributed by atoms with Gasteiger partial charge in [-0.2, -0.15) is 0 Å². The highest BCUT2D eigenvalue weighted by Crippen LogP contribution is 2.40. The molecule has 0 saturated heterocycles. The third-order valence-corrected chi connectivity index (χ3v) is 3.73. The van der Waals surface area contributed by atoms with E-state index in [4.69, 9.17) is 14.2 Å². The van der Waals surface area contributed by atoms with Crippen LogP contribution in [0.4, 0.5) is 14.5 Å². The molecule has 0 aliphatic heterocycles. The maximum Gasteiger partial charge on any atom is 0.251 e. The van der Waals surface area contributed by atoms with Gasteiger partial charge in [-0.05, 0) is 12.8 Å². The van der Waals surface area contributed by atoms with Crippen LogP contribution in [-0.4, -0.2) is 57.7 Å². The molecule has 1 amide bonds. The van der Waals surface area contributed by atoms with Crippen LogP contribution in [0.1, 0.15) is 12.8 Å². The van der Waals surface area contributed by atoms with Crippen LogP contribution in [0, 0.1) is 0 Å². The van der Waals surface area contributed by atoms with Crippen LogP contribution in [0.2, 0.25) is 0 Å². The summed E-state index contributed by atoms with van der Waals surface area (Å²) < 4.78 is 40.9. The largest absolute Gasteiger partial charge is 0.493 e. The lowest BCUT2D eigenvalue weighted by Crippen LogP contribution is -2.38. The Balaban J connectivity index is 2.07. The molecule has 1 aromatic carbocycles. The Hall–Kier alpha value is -2.09. The Bertz CT molecular complexity index is 554. The van der Waals surface area contributed by atoms with Crippen LogP contribution in [-0.2, 0) is 4.79 Å². The first-order chi connectivity index (χ1) is 11.5. The molecule has 6 nitrogen and oxygen atoms in total. The molecule has 0 spiro atoms. The van der Waals surface area contributed by atoms with E-state index < -0.39 is 13.0 Å². The molecule has 134 valence electrons. The fourth-order valence-electron chi connectivity index (χ4n) is 2.50. The standard InChI is InChI=1S/C16H22F2N2O4/c1-22-12-6-10(7-13(23-2)16(12)24-3)19-15(21)9-20(8-14(17)18)11-4-5-11/h6-7,11,14H,4-5,8-9H2,1-3H3,(H,19,21). The number of amides is 1. The van der Waals surface area contributed by atoms with Gasteiger partial charge in [0.25, 0.3) is 6.43 Å². The van der Waals surface area contributed by atoms with Gasteiger partial charge in [-0.15, -0.1) is 0 Å². The van der Waals surface area contributed by atoms with Gasteiger partial charge in [0.15, 0.2) is 11.5 Å². The second kappa shape index (κ2) is 8.14. The summed E-state index contributed by atoms with van der Waals surface area (Å²) >= 11 is 0. The first kappa shape index (κ1) is 18.3. The van der Waals surface area contributed by atoms with Gasteiger partial charge in [-0.3, -0.25) is 9.69 Å². The second-order valence-corrected chi connectivity index (χ2v) is 5.51. The highest BCUT2D eigenvalue weighted by Gasteiger charge is 2.32. The molecule has 1 N–H and O–H groups in total. The fraction of sp³-hybridized carbons (Fsp3) is 0.562. The number of carbonyl (C=O) groups is 1. The minimum absolute atomic E-state index is 0.0738. The van der Waals surface area contributed by atoms with E-state index in [1.807, 2.05) is 0 Å². The Morgan fingerprint density at radius 1 is 1.21 bits per heavy atom. The Labute approximate surface area is 139 Å². The summed E-state index contributed by atoms with van der Waals surface area (Å²) in [6.07, 6.45) is -0.756. The van der Waals surface area contributed by atoms with Crippen molar-refractivity contribution < 1.29 is 27.8 Å². The minimum atomic E-state index is -2.46. The third-order valence-electron chi connectivity index (χ3n) is 3.73. The summed E-state index contributed by atoms with van der Waals surface area (Å²) in [7, 11) is 4.43. The Morgan fingerprint density at radius 3 is 2.21 bits per heavy atom. The number of nitrogens with zero attached hydrogens (tertiary/aromatic N) is 1. The molecule has 0 radical (unpaired) electrons. The van der Waals surface area contributed by atoms with Crippen molar-refractivity contribution >= 4 is 11.6 Å². The van der Waals surface area contributed by atoms with E-state index in [1.165, 1.54) is 26.2 Å². The number of alkyl halides is 2. The molecule has 0 unspecified atom stereocenters. The quantitative estimate of drug-likeness (QED) is 0.745. The zero-order valence-corrected chi connectivity index (χ0v) is 14.0. The maximum atomic E-state index is 12.6. The zero-order chi connectivity index (χ0) is 17.7. The lowest BCUT2D eigenvalue weighted by Gasteiger charge is -2.21. The Morgan fingerprint density at radius 2 is 1.79 bits per heavy atom. The Kier molecular flexibility index (Phi) is 6.19. The summed E-state index contributed by atoms with van der Waals surface area (Å²) in [6, 6.07) is 3.26. The normalized spacial score (nSPS) is 14.0. The number of halogens is 2. The number of ether oxygens (including phenoxy) is 3. The van der Waals surface area contributed by atoms with Gasteiger partial charge < -0.3 is 19.5 Å². The number of hydrogen-bond acceptors (Lipinski definition) is 5. The number of hydrogen-bond donors (Lipinski definition) is 1. The van der Waals surface area contributed by atoms with Gasteiger partial charge in [0, 0.05) is 23.9 Å². The van der Waals surface area contributed by atoms with Crippen molar-refractivity contribution in [3.63, 3.8) is 0 Å². The van der Waals surface area contributed by atoms with Crippen LogP contribution >= 0.6 is 0 Å². The lowest BCUT2D eigenvalue weighted by atomic mass is 10.2. The molecule has 1 aliphatic rings. The summed E-state index contributed by atoms with van der Waals surface area (Å²) in [5, 5.41) is 2.69. The van der Waals surface area contributed by atoms with E-state index in [0.29, 0.717) is 22.9 Å². The minimum Gasteiger partial charge on any atom is -0.493 e. The van der Waals surface area contributed by atoms with E-state index >= 15 is 0 Å². The van der Waals surface area contributed by atoms with E-state index in [2.05, 4.69) is 5.32 Å². The molecule has 1 aliphatic carbocycles. The van der Waals surface area contributed by atoms with Crippen molar-refractivity contribution in [2.24, 2.45) is 0 Å². The van der Waals surface area contributed by atoms with Gasteiger partial charge in [0.2, 0.25) is 11.7 Å². The van der Waals surface area contributed by atoms with E-state index in [0.717, 1.165) is 12.8 Å². The second-order valence-electron chi connectivity index (χ2n) is 5.51. The summed E-state index contributed by atoms with van der Waals surface area (Å²) in [4.78, 5) is 13.7. The average molecular weight is 344 g/mol. The van der Waals surface area contributed by atoms with Crippen LogP contribution in [0.3, 0.4) is 0 Å². The van der Waals surface area contributed by atoms with Crippen molar-refractivity contribution in [2.75, 3.05) is 39.7 Å². The van der Waals surface area contributed by atoms with Crippen molar-refractivity contribution in [2.45, 2.75) is 25.3 Å².